The van der Waals surface area contributed by atoms with Crippen LogP contribution in [0.15, 0.2) is 27.6 Å². The number of carbonyl (C=O) groups excluding carboxylic acids is 1. The molecule has 0 saturated heterocycles. The summed E-state index contributed by atoms with van der Waals surface area (Å²) in [5.41, 5.74) is -0.307. The van der Waals surface area contributed by atoms with E-state index >= 15 is 0 Å². The van der Waals surface area contributed by atoms with E-state index in [1.54, 1.807) is 12.1 Å². The van der Waals surface area contributed by atoms with E-state index in [1.165, 1.54) is 6.07 Å². The van der Waals surface area contributed by atoms with Crippen LogP contribution in [0.2, 0.25) is 0 Å². The second kappa shape index (κ2) is 3.32. The first-order valence-electron chi connectivity index (χ1n) is 5.27. The highest BCUT2D eigenvalue weighted by Crippen LogP contribution is 2.51. The standard InChI is InChI=1S/C11H10BrNO3S/c12-7-2-1-3-8-9(7)13-10(14)11(4-5-11)6-17(8,15)16/h1-3H,4-6H2,(H,13,14). The van der Waals surface area contributed by atoms with E-state index in [4.69, 9.17) is 0 Å². The Morgan fingerprint density at radius 1 is 1.29 bits per heavy atom. The van der Waals surface area contributed by atoms with Crippen LogP contribution in [0.1, 0.15) is 12.8 Å². The molecule has 3 rings (SSSR count). The topological polar surface area (TPSA) is 63.2 Å². The molecule has 1 saturated carbocycles. The van der Waals surface area contributed by atoms with Gasteiger partial charge >= 0.3 is 0 Å². The third-order valence-corrected chi connectivity index (χ3v) is 5.95. The van der Waals surface area contributed by atoms with Crippen LogP contribution in [0.3, 0.4) is 0 Å². The molecule has 1 aliphatic carbocycles. The van der Waals surface area contributed by atoms with Crippen molar-refractivity contribution in [2.24, 2.45) is 5.41 Å². The summed E-state index contributed by atoms with van der Waals surface area (Å²) in [5.74, 6) is -0.248. The molecule has 0 unspecified atom stereocenters. The van der Waals surface area contributed by atoms with E-state index in [-0.39, 0.29) is 16.6 Å². The SMILES string of the molecule is O=C1Nc2c(Br)cccc2S(=O)(=O)CC12CC2. The maximum Gasteiger partial charge on any atom is 0.231 e. The first kappa shape index (κ1) is 11.2. The van der Waals surface area contributed by atoms with Crippen LogP contribution in [0.4, 0.5) is 5.69 Å². The monoisotopic (exact) mass is 315 g/mol. The molecule has 6 heteroatoms. The van der Waals surface area contributed by atoms with Gasteiger partial charge in [0.2, 0.25) is 5.91 Å². The molecule has 2 aliphatic rings. The third kappa shape index (κ3) is 1.62. The fourth-order valence-corrected chi connectivity index (χ4v) is 4.82. The van der Waals surface area contributed by atoms with Gasteiger partial charge in [-0.05, 0) is 40.9 Å². The molecule has 1 aromatic carbocycles. The van der Waals surface area contributed by atoms with Crippen LogP contribution in [0, 0.1) is 5.41 Å². The van der Waals surface area contributed by atoms with Gasteiger partial charge < -0.3 is 5.32 Å². The van der Waals surface area contributed by atoms with Crippen molar-refractivity contribution in [2.45, 2.75) is 17.7 Å². The summed E-state index contributed by atoms with van der Waals surface area (Å²) in [4.78, 5) is 12.2. The zero-order valence-electron chi connectivity index (χ0n) is 8.86. The maximum atomic E-state index is 12.2. The number of fused-ring (bicyclic) bond motifs is 1. The predicted octanol–water partition coefficient (Wildman–Crippen LogP) is 1.96. The maximum absolute atomic E-state index is 12.2. The van der Waals surface area contributed by atoms with Crippen molar-refractivity contribution in [2.75, 3.05) is 11.1 Å². The molecule has 4 nitrogen and oxygen atoms in total. The lowest BCUT2D eigenvalue weighted by atomic mass is 10.1. The summed E-state index contributed by atoms with van der Waals surface area (Å²) in [7, 11) is -3.39. The van der Waals surface area contributed by atoms with Gasteiger partial charge in [0, 0.05) is 4.47 Å². The van der Waals surface area contributed by atoms with Gasteiger partial charge in [0.1, 0.15) is 0 Å². The third-order valence-electron chi connectivity index (χ3n) is 3.35. The van der Waals surface area contributed by atoms with Crippen LogP contribution in [0.5, 0.6) is 0 Å². The predicted molar refractivity (Wildman–Crippen MR) is 66.5 cm³/mol. The van der Waals surface area contributed by atoms with Crippen molar-refractivity contribution in [1.29, 1.82) is 0 Å². The Labute approximate surface area is 107 Å². The highest BCUT2D eigenvalue weighted by molar-refractivity contribution is 9.10. The molecule has 1 aromatic rings. The number of para-hydroxylation sites is 1. The second-order valence-electron chi connectivity index (χ2n) is 4.61. The number of amides is 1. The summed E-state index contributed by atoms with van der Waals surface area (Å²) < 4.78 is 25.1. The minimum atomic E-state index is -3.39. The Morgan fingerprint density at radius 2 is 2.00 bits per heavy atom. The highest BCUT2D eigenvalue weighted by Gasteiger charge is 2.54. The van der Waals surface area contributed by atoms with Crippen LogP contribution >= 0.6 is 15.9 Å². The largest absolute Gasteiger partial charge is 0.323 e. The van der Waals surface area contributed by atoms with Gasteiger partial charge in [0.05, 0.1) is 21.8 Å². The summed E-state index contributed by atoms with van der Waals surface area (Å²) in [6.07, 6.45) is 1.31. The van der Waals surface area contributed by atoms with Gasteiger partial charge in [0.25, 0.3) is 0 Å². The molecular formula is C11H10BrNO3S. The van der Waals surface area contributed by atoms with Gasteiger partial charge in [-0.3, -0.25) is 4.79 Å². The van der Waals surface area contributed by atoms with E-state index in [9.17, 15) is 13.2 Å². The number of rotatable bonds is 0. The number of anilines is 1. The second-order valence-corrected chi connectivity index (χ2v) is 7.42. The normalized spacial score (nSPS) is 23.7. The van der Waals surface area contributed by atoms with Crippen molar-refractivity contribution >= 4 is 37.4 Å². The molecule has 1 aliphatic heterocycles. The average molecular weight is 316 g/mol. The summed E-state index contributed by atoms with van der Waals surface area (Å²) in [6.45, 7) is 0. The van der Waals surface area contributed by atoms with Gasteiger partial charge in [-0.25, -0.2) is 8.42 Å². The van der Waals surface area contributed by atoms with Crippen LogP contribution in [0.25, 0.3) is 0 Å². The molecular weight excluding hydrogens is 306 g/mol. The van der Waals surface area contributed by atoms with E-state index in [2.05, 4.69) is 21.2 Å². The molecule has 1 heterocycles. The van der Waals surface area contributed by atoms with Crippen molar-refractivity contribution in [1.82, 2.24) is 0 Å². The molecule has 0 radical (unpaired) electrons. The number of hydrogen-bond acceptors (Lipinski definition) is 3. The summed E-state index contributed by atoms with van der Waals surface area (Å²) in [5, 5.41) is 2.73. The molecule has 1 amide bonds. The Balaban J connectivity index is 2.25. The Morgan fingerprint density at radius 3 is 2.65 bits per heavy atom. The minimum absolute atomic E-state index is 0.0741. The fourth-order valence-electron chi connectivity index (χ4n) is 2.16. The van der Waals surface area contributed by atoms with E-state index in [1.807, 2.05) is 0 Å². The van der Waals surface area contributed by atoms with Crippen molar-refractivity contribution in [3.63, 3.8) is 0 Å². The van der Waals surface area contributed by atoms with Gasteiger partial charge in [0.15, 0.2) is 9.84 Å². The number of sulfone groups is 1. The summed E-state index contributed by atoms with van der Waals surface area (Å²) >= 11 is 3.27. The molecule has 1 fully saturated rings. The van der Waals surface area contributed by atoms with E-state index in [0.717, 1.165) is 0 Å². The molecule has 0 atom stereocenters. The van der Waals surface area contributed by atoms with Gasteiger partial charge in [-0.2, -0.15) is 0 Å². The number of nitrogens with one attached hydrogen (secondary N) is 1. The zero-order chi connectivity index (χ0) is 12.3. The Kier molecular flexibility index (Phi) is 2.19. The number of benzene rings is 1. The number of hydrogen-bond donors (Lipinski definition) is 1. The van der Waals surface area contributed by atoms with Crippen molar-refractivity contribution < 1.29 is 13.2 Å². The number of carbonyl (C=O) groups is 1. The van der Waals surface area contributed by atoms with Crippen molar-refractivity contribution in [3.8, 4) is 0 Å². The molecule has 90 valence electrons. The van der Waals surface area contributed by atoms with Crippen molar-refractivity contribution in [3.05, 3.63) is 22.7 Å². The molecule has 1 N–H and O–H groups in total. The smallest absolute Gasteiger partial charge is 0.231 e. The molecule has 17 heavy (non-hydrogen) atoms. The quantitative estimate of drug-likeness (QED) is 0.796. The highest BCUT2D eigenvalue weighted by atomic mass is 79.9. The molecule has 0 bridgehead atoms. The van der Waals surface area contributed by atoms with Crippen LogP contribution < -0.4 is 5.32 Å². The van der Waals surface area contributed by atoms with E-state index in [0.29, 0.717) is 23.0 Å². The first-order valence-corrected chi connectivity index (χ1v) is 7.72. The lowest BCUT2D eigenvalue weighted by molar-refractivity contribution is -0.120. The first-order chi connectivity index (χ1) is 7.95. The Bertz CT molecular complexity index is 620. The minimum Gasteiger partial charge on any atom is -0.323 e. The molecule has 0 aromatic heterocycles. The lowest BCUT2D eigenvalue weighted by Gasteiger charge is -2.09. The zero-order valence-corrected chi connectivity index (χ0v) is 11.3. The molecule has 1 spiro atoms. The lowest BCUT2D eigenvalue weighted by Crippen LogP contribution is -2.27. The van der Waals surface area contributed by atoms with Gasteiger partial charge in [-0.15, -0.1) is 0 Å². The van der Waals surface area contributed by atoms with Gasteiger partial charge in [-0.1, -0.05) is 6.07 Å². The van der Waals surface area contributed by atoms with Crippen LogP contribution in [-0.4, -0.2) is 20.1 Å². The van der Waals surface area contributed by atoms with E-state index < -0.39 is 15.3 Å². The average Bonchev–Trinajstić information content (AvgIpc) is 3.00. The fraction of sp³-hybridized carbons (Fsp3) is 0.364. The number of halogens is 1. The summed E-state index contributed by atoms with van der Waals surface area (Å²) in [6, 6.07) is 4.92. The van der Waals surface area contributed by atoms with Crippen LogP contribution in [-0.2, 0) is 14.6 Å². The Hall–Kier alpha value is -0.880.